The molecule has 23 heavy (non-hydrogen) atoms. The van der Waals surface area contributed by atoms with Crippen LogP contribution in [0.25, 0.3) is 0 Å². The number of carbonyl (C=O) groups is 2. The van der Waals surface area contributed by atoms with Crippen molar-refractivity contribution in [3.63, 3.8) is 0 Å². The molecule has 4 rings (SSSR count). The highest BCUT2D eigenvalue weighted by molar-refractivity contribution is 6.36. The zero-order valence-electron chi connectivity index (χ0n) is 12.3. The summed E-state index contributed by atoms with van der Waals surface area (Å²) in [5, 5.41) is 0.803. The van der Waals surface area contributed by atoms with E-state index in [1.165, 1.54) is 4.90 Å². The van der Waals surface area contributed by atoms with Crippen molar-refractivity contribution in [3.8, 4) is 0 Å². The Morgan fingerprint density at radius 3 is 2.09 bits per heavy atom. The molecule has 0 spiro atoms. The predicted molar refractivity (Wildman–Crippen MR) is 89.7 cm³/mol. The van der Waals surface area contributed by atoms with Crippen LogP contribution in [0, 0.1) is 11.3 Å². The average Bonchev–Trinajstić information content (AvgIpc) is 3.08. The van der Waals surface area contributed by atoms with Gasteiger partial charge in [-0.05, 0) is 30.7 Å². The number of carbonyl (C=O) groups excluding carboxylic acids is 2. The lowest BCUT2D eigenvalue weighted by molar-refractivity contribution is -0.125. The van der Waals surface area contributed by atoms with Crippen molar-refractivity contribution in [2.24, 2.45) is 11.3 Å². The molecule has 0 unspecified atom stereocenters. The lowest BCUT2D eigenvalue weighted by Gasteiger charge is -2.21. The largest absolute Gasteiger partial charge is 0.274 e. The molecule has 1 saturated heterocycles. The van der Waals surface area contributed by atoms with E-state index in [0.29, 0.717) is 15.7 Å². The molecule has 1 aliphatic carbocycles. The van der Waals surface area contributed by atoms with E-state index in [1.54, 1.807) is 18.2 Å². The van der Waals surface area contributed by atoms with Crippen LogP contribution in [-0.4, -0.2) is 11.8 Å². The first-order chi connectivity index (χ1) is 10.9. The fourth-order valence-electron chi connectivity index (χ4n) is 3.77. The van der Waals surface area contributed by atoms with Gasteiger partial charge in [-0.3, -0.25) is 9.59 Å². The topological polar surface area (TPSA) is 37.4 Å². The van der Waals surface area contributed by atoms with E-state index in [4.69, 9.17) is 23.2 Å². The smallest absolute Gasteiger partial charge is 0.241 e. The highest BCUT2D eigenvalue weighted by Crippen LogP contribution is 2.69. The zero-order valence-corrected chi connectivity index (χ0v) is 13.8. The molecule has 3 atom stereocenters. The lowest BCUT2D eigenvalue weighted by atomic mass is 10.00. The molecule has 2 aromatic carbocycles. The molecule has 0 radical (unpaired) electrons. The molecule has 2 aromatic rings. The van der Waals surface area contributed by atoms with Crippen molar-refractivity contribution < 1.29 is 9.59 Å². The van der Waals surface area contributed by atoms with Crippen LogP contribution in [0.15, 0.2) is 48.5 Å². The van der Waals surface area contributed by atoms with Crippen LogP contribution in [0.5, 0.6) is 0 Å². The van der Waals surface area contributed by atoms with E-state index in [-0.39, 0.29) is 23.7 Å². The molecular formula is C18H13Cl2NO2. The van der Waals surface area contributed by atoms with E-state index in [1.807, 2.05) is 37.3 Å². The van der Waals surface area contributed by atoms with Crippen LogP contribution >= 0.6 is 23.2 Å². The first kappa shape index (κ1) is 14.7. The fraction of sp³-hybridized carbons (Fsp3) is 0.222. The number of fused-ring (bicyclic) bond motifs is 1. The quantitative estimate of drug-likeness (QED) is 0.761. The number of amides is 2. The summed E-state index contributed by atoms with van der Waals surface area (Å²) in [6, 6.07) is 14.5. The normalized spacial score (nSPS) is 28.9. The van der Waals surface area contributed by atoms with Gasteiger partial charge in [0.1, 0.15) is 0 Å². The molecule has 1 saturated carbocycles. The Morgan fingerprint density at radius 2 is 1.57 bits per heavy atom. The molecule has 0 bridgehead atoms. The number of rotatable bonds is 2. The zero-order chi connectivity index (χ0) is 16.4. The van der Waals surface area contributed by atoms with Crippen LogP contribution < -0.4 is 4.90 Å². The number of imide groups is 1. The molecule has 116 valence electrons. The van der Waals surface area contributed by atoms with Gasteiger partial charge in [-0.2, -0.15) is 0 Å². The number of hydrogen-bond acceptors (Lipinski definition) is 2. The average molecular weight is 346 g/mol. The number of nitrogens with zero attached hydrogens (tertiary/aromatic N) is 1. The van der Waals surface area contributed by atoms with Gasteiger partial charge in [0.15, 0.2) is 0 Å². The Kier molecular flexibility index (Phi) is 3.09. The standard InChI is InChI=1S/C18H13Cl2NO2/c1-18-14(10-5-3-2-4-6-10)15(18)16(22)21(17(18)23)13-8-11(19)7-12(20)9-13/h2-9,14-15H,1H3/t14-,15-,18-/m1/s1. The second kappa shape index (κ2) is 4.83. The van der Waals surface area contributed by atoms with Crippen molar-refractivity contribution in [3.05, 3.63) is 64.1 Å². The summed E-state index contributed by atoms with van der Waals surface area (Å²) in [5.41, 5.74) is 0.802. The lowest BCUT2D eigenvalue weighted by Crippen LogP contribution is -2.36. The maximum absolute atomic E-state index is 12.9. The Bertz CT molecular complexity index is 816. The highest BCUT2D eigenvalue weighted by Gasteiger charge is 2.76. The van der Waals surface area contributed by atoms with Crippen molar-refractivity contribution in [1.29, 1.82) is 0 Å². The number of halogens is 2. The molecular weight excluding hydrogens is 333 g/mol. The van der Waals surface area contributed by atoms with E-state index < -0.39 is 5.41 Å². The van der Waals surface area contributed by atoms with Crippen LogP contribution in [0.4, 0.5) is 5.69 Å². The van der Waals surface area contributed by atoms with Gasteiger partial charge in [0.25, 0.3) is 0 Å². The van der Waals surface area contributed by atoms with Gasteiger partial charge in [-0.15, -0.1) is 0 Å². The summed E-state index contributed by atoms with van der Waals surface area (Å²) in [6.07, 6.45) is 0. The van der Waals surface area contributed by atoms with Crippen LogP contribution in [0.3, 0.4) is 0 Å². The monoisotopic (exact) mass is 345 g/mol. The molecule has 2 aliphatic rings. The van der Waals surface area contributed by atoms with E-state index in [0.717, 1.165) is 5.56 Å². The third-order valence-corrected chi connectivity index (χ3v) is 5.37. The number of benzene rings is 2. The van der Waals surface area contributed by atoms with Crippen LogP contribution in [-0.2, 0) is 9.59 Å². The van der Waals surface area contributed by atoms with E-state index >= 15 is 0 Å². The van der Waals surface area contributed by atoms with Crippen LogP contribution in [0.2, 0.25) is 10.0 Å². The first-order valence-corrected chi connectivity index (χ1v) is 8.09. The molecule has 5 heteroatoms. The Morgan fingerprint density at radius 1 is 0.957 bits per heavy atom. The summed E-state index contributed by atoms with van der Waals surface area (Å²) in [4.78, 5) is 26.9. The van der Waals surface area contributed by atoms with Gasteiger partial charge >= 0.3 is 0 Å². The second-order valence-electron chi connectivity index (χ2n) is 6.26. The van der Waals surface area contributed by atoms with Gasteiger partial charge in [0.2, 0.25) is 11.8 Å². The first-order valence-electron chi connectivity index (χ1n) is 7.34. The van der Waals surface area contributed by atoms with Gasteiger partial charge in [0, 0.05) is 16.0 Å². The molecule has 2 fully saturated rings. The molecule has 0 N–H and O–H groups in total. The third-order valence-electron chi connectivity index (χ3n) is 4.93. The van der Waals surface area contributed by atoms with Crippen molar-refractivity contribution in [2.45, 2.75) is 12.8 Å². The van der Waals surface area contributed by atoms with E-state index in [9.17, 15) is 9.59 Å². The minimum absolute atomic E-state index is 0.0467. The molecule has 1 heterocycles. The molecule has 3 nitrogen and oxygen atoms in total. The van der Waals surface area contributed by atoms with Gasteiger partial charge in [-0.25, -0.2) is 4.90 Å². The Hall–Kier alpha value is -1.84. The number of piperidine rings is 1. The number of hydrogen-bond donors (Lipinski definition) is 0. The van der Waals surface area contributed by atoms with Crippen LogP contribution in [0.1, 0.15) is 18.4 Å². The SMILES string of the molecule is C[C@]12C(=O)N(c3cc(Cl)cc(Cl)c3)C(=O)[C@H]1[C@H]2c1ccccc1. The Labute approximate surface area is 143 Å². The maximum Gasteiger partial charge on any atom is 0.241 e. The van der Waals surface area contributed by atoms with Crippen molar-refractivity contribution >= 4 is 40.7 Å². The van der Waals surface area contributed by atoms with Gasteiger partial charge < -0.3 is 0 Å². The summed E-state index contributed by atoms with van der Waals surface area (Å²) in [5.74, 6) is -0.714. The minimum atomic E-state index is -0.673. The van der Waals surface area contributed by atoms with Crippen molar-refractivity contribution in [1.82, 2.24) is 0 Å². The van der Waals surface area contributed by atoms with Gasteiger partial charge in [0.05, 0.1) is 17.0 Å². The summed E-state index contributed by atoms with van der Waals surface area (Å²) >= 11 is 12.0. The second-order valence-corrected chi connectivity index (χ2v) is 7.13. The number of anilines is 1. The minimum Gasteiger partial charge on any atom is -0.274 e. The maximum atomic E-state index is 12.9. The fourth-order valence-corrected chi connectivity index (χ4v) is 4.28. The van der Waals surface area contributed by atoms with Crippen molar-refractivity contribution in [2.75, 3.05) is 4.90 Å². The Balaban J connectivity index is 1.72. The summed E-state index contributed by atoms with van der Waals surface area (Å²) in [7, 11) is 0. The van der Waals surface area contributed by atoms with Gasteiger partial charge in [-0.1, -0.05) is 53.5 Å². The summed E-state index contributed by atoms with van der Waals surface area (Å²) in [6.45, 7) is 1.86. The molecule has 2 amide bonds. The molecule has 0 aromatic heterocycles. The third kappa shape index (κ3) is 1.97. The van der Waals surface area contributed by atoms with E-state index in [2.05, 4.69) is 0 Å². The highest BCUT2D eigenvalue weighted by atomic mass is 35.5. The summed E-state index contributed by atoms with van der Waals surface area (Å²) < 4.78 is 0. The predicted octanol–water partition coefficient (Wildman–Crippen LogP) is 4.29. The molecule has 1 aliphatic heterocycles.